The van der Waals surface area contributed by atoms with Crippen LogP contribution < -0.4 is 10.6 Å². The molecule has 0 amide bonds. The third kappa shape index (κ3) is 2.79. The molecule has 4 nitrogen and oxygen atoms in total. The van der Waals surface area contributed by atoms with Gasteiger partial charge in [-0.25, -0.2) is 8.42 Å². The minimum atomic E-state index is -2.88. The van der Waals surface area contributed by atoms with Crippen molar-refractivity contribution >= 4 is 27.1 Å². The molecule has 1 aliphatic rings. The van der Waals surface area contributed by atoms with Crippen LogP contribution in [-0.4, -0.2) is 33.0 Å². The summed E-state index contributed by atoms with van der Waals surface area (Å²) in [5.74, 6) is 0.473. The Morgan fingerprint density at radius 3 is 2.78 bits per heavy atom. The third-order valence-corrected chi connectivity index (χ3v) is 5.39. The molecule has 1 saturated heterocycles. The van der Waals surface area contributed by atoms with Crippen LogP contribution in [0.5, 0.6) is 0 Å². The summed E-state index contributed by atoms with van der Waals surface area (Å²) < 4.78 is 23.0. The van der Waals surface area contributed by atoms with E-state index in [9.17, 15) is 8.42 Å². The molecule has 2 N–H and O–H groups in total. The first-order chi connectivity index (χ1) is 8.43. The van der Waals surface area contributed by atoms with Gasteiger partial charge in [-0.1, -0.05) is 17.7 Å². The largest absolute Gasteiger partial charge is 0.370 e. The van der Waals surface area contributed by atoms with Crippen molar-refractivity contribution in [2.45, 2.75) is 19.0 Å². The maximum atomic E-state index is 11.5. The van der Waals surface area contributed by atoms with E-state index in [1.807, 2.05) is 24.1 Å². The number of hydrogen-bond acceptors (Lipinski definition) is 4. The normalized spacial score (nSPS) is 22.1. The summed E-state index contributed by atoms with van der Waals surface area (Å²) >= 11 is 5.99. The molecule has 1 aliphatic heterocycles. The van der Waals surface area contributed by atoms with Gasteiger partial charge in [-0.2, -0.15) is 0 Å². The van der Waals surface area contributed by atoms with Crippen molar-refractivity contribution in [3.63, 3.8) is 0 Å². The molecule has 0 bridgehead atoms. The van der Waals surface area contributed by atoms with Crippen molar-refractivity contribution in [3.8, 4) is 0 Å². The van der Waals surface area contributed by atoms with E-state index >= 15 is 0 Å². The summed E-state index contributed by atoms with van der Waals surface area (Å²) in [7, 11) is -0.985. The van der Waals surface area contributed by atoms with E-state index in [0.29, 0.717) is 18.0 Å². The van der Waals surface area contributed by atoms with Crippen molar-refractivity contribution in [3.05, 3.63) is 28.8 Å². The Balaban J connectivity index is 2.28. The van der Waals surface area contributed by atoms with Gasteiger partial charge in [0.25, 0.3) is 0 Å². The lowest BCUT2D eigenvalue weighted by atomic mass is 10.1. The standard InChI is InChI=1S/C12H17ClN2O2S/c1-15(11-4-5-18(16,17)8-11)12-6-10(13)3-2-9(12)7-14/h2-3,6,11H,4-5,7-8,14H2,1H3. The molecular weight excluding hydrogens is 272 g/mol. The lowest BCUT2D eigenvalue weighted by Gasteiger charge is -2.28. The lowest BCUT2D eigenvalue weighted by Crippen LogP contribution is -2.33. The second kappa shape index (κ2) is 5.07. The van der Waals surface area contributed by atoms with Crippen LogP contribution in [0, 0.1) is 0 Å². The van der Waals surface area contributed by atoms with Gasteiger partial charge in [0, 0.05) is 30.3 Å². The number of anilines is 1. The van der Waals surface area contributed by atoms with E-state index in [4.69, 9.17) is 17.3 Å². The highest BCUT2D eigenvalue weighted by Crippen LogP contribution is 2.28. The van der Waals surface area contributed by atoms with Crippen molar-refractivity contribution in [2.24, 2.45) is 5.73 Å². The first-order valence-corrected chi connectivity index (χ1v) is 8.04. The van der Waals surface area contributed by atoms with E-state index in [1.54, 1.807) is 6.07 Å². The highest BCUT2D eigenvalue weighted by atomic mass is 35.5. The number of rotatable bonds is 3. The first kappa shape index (κ1) is 13.6. The fourth-order valence-electron chi connectivity index (χ4n) is 2.32. The van der Waals surface area contributed by atoms with E-state index < -0.39 is 9.84 Å². The first-order valence-electron chi connectivity index (χ1n) is 5.85. The molecule has 1 fully saturated rings. The van der Waals surface area contributed by atoms with E-state index in [-0.39, 0.29) is 17.5 Å². The second-order valence-corrected chi connectivity index (χ2v) is 7.31. The van der Waals surface area contributed by atoms with Gasteiger partial charge in [0.05, 0.1) is 11.5 Å². The van der Waals surface area contributed by atoms with Crippen LogP contribution in [0.2, 0.25) is 5.02 Å². The van der Waals surface area contributed by atoms with Crippen LogP contribution in [0.15, 0.2) is 18.2 Å². The van der Waals surface area contributed by atoms with Crippen molar-refractivity contribution < 1.29 is 8.42 Å². The van der Waals surface area contributed by atoms with Crippen LogP contribution in [0.1, 0.15) is 12.0 Å². The highest BCUT2D eigenvalue weighted by Gasteiger charge is 2.31. The monoisotopic (exact) mass is 288 g/mol. The maximum Gasteiger partial charge on any atom is 0.152 e. The molecule has 0 saturated carbocycles. The summed E-state index contributed by atoms with van der Waals surface area (Å²) in [4.78, 5) is 1.98. The number of nitrogens with two attached hydrogens (primary N) is 1. The van der Waals surface area contributed by atoms with Gasteiger partial charge in [-0.15, -0.1) is 0 Å². The minimum absolute atomic E-state index is 0.0127. The topological polar surface area (TPSA) is 63.4 Å². The quantitative estimate of drug-likeness (QED) is 0.914. The van der Waals surface area contributed by atoms with Crippen molar-refractivity contribution in [2.75, 3.05) is 23.5 Å². The molecule has 100 valence electrons. The zero-order chi connectivity index (χ0) is 13.3. The molecule has 0 aliphatic carbocycles. The summed E-state index contributed by atoms with van der Waals surface area (Å²) in [6, 6.07) is 5.54. The van der Waals surface area contributed by atoms with Crippen LogP contribution in [0.3, 0.4) is 0 Å². The second-order valence-electron chi connectivity index (χ2n) is 4.64. The smallest absolute Gasteiger partial charge is 0.152 e. The molecule has 0 spiro atoms. The average Bonchev–Trinajstić information content (AvgIpc) is 2.68. The van der Waals surface area contributed by atoms with Gasteiger partial charge in [-0.3, -0.25) is 0 Å². The Kier molecular flexibility index (Phi) is 3.84. The van der Waals surface area contributed by atoms with Gasteiger partial charge in [0.2, 0.25) is 0 Å². The molecule has 1 atom stereocenters. The van der Waals surface area contributed by atoms with Gasteiger partial charge in [-0.05, 0) is 24.1 Å². The molecule has 1 aromatic rings. The molecule has 1 unspecified atom stereocenters. The summed E-state index contributed by atoms with van der Waals surface area (Å²) in [6.45, 7) is 0.413. The van der Waals surface area contributed by atoms with Crippen LogP contribution in [-0.2, 0) is 16.4 Å². The summed E-state index contributed by atoms with van der Waals surface area (Å²) in [5, 5.41) is 0.634. The zero-order valence-electron chi connectivity index (χ0n) is 10.3. The number of benzene rings is 1. The van der Waals surface area contributed by atoms with Gasteiger partial charge >= 0.3 is 0 Å². The van der Waals surface area contributed by atoms with Crippen LogP contribution >= 0.6 is 11.6 Å². The fourth-order valence-corrected chi connectivity index (χ4v) is 4.26. The van der Waals surface area contributed by atoms with Crippen molar-refractivity contribution in [1.82, 2.24) is 0 Å². The van der Waals surface area contributed by atoms with Crippen LogP contribution in [0.25, 0.3) is 0 Å². The molecule has 18 heavy (non-hydrogen) atoms. The molecule has 1 aromatic carbocycles. The molecule has 2 rings (SSSR count). The highest BCUT2D eigenvalue weighted by molar-refractivity contribution is 7.91. The Labute approximate surface area is 113 Å². The molecule has 0 radical (unpaired) electrons. The van der Waals surface area contributed by atoms with Gasteiger partial charge in [0.15, 0.2) is 9.84 Å². The van der Waals surface area contributed by atoms with Crippen LogP contribution in [0.4, 0.5) is 5.69 Å². The number of hydrogen-bond donors (Lipinski definition) is 1. The molecular formula is C12H17ClN2O2S. The zero-order valence-corrected chi connectivity index (χ0v) is 11.8. The summed E-state index contributed by atoms with van der Waals surface area (Å²) in [6.07, 6.45) is 0.662. The van der Waals surface area contributed by atoms with E-state index in [1.165, 1.54) is 0 Å². The minimum Gasteiger partial charge on any atom is -0.370 e. The van der Waals surface area contributed by atoms with E-state index in [0.717, 1.165) is 11.3 Å². The Morgan fingerprint density at radius 2 is 2.22 bits per heavy atom. The molecule has 6 heteroatoms. The molecule has 1 heterocycles. The van der Waals surface area contributed by atoms with Crippen molar-refractivity contribution in [1.29, 1.82) is 0 Å². The molecule has 0 aromatic heterocycles. The van der Waals surface area contributed by atoms with Gasteiger partial charge < -0.3 is 10.6 Å². The van der Waals surface area contributed by atoms with Gasteiger partial charge in [0.1, 0.15) is 0 Å². The fraction of sp³-hybridized carbons (Fsp3) is 0.500. The Bertz CT molecular complexity index is 545. The SMILES string of the molecule is CN(c1cc(Cl)ccc1CN)C1CCS(=O)(=O)C1. The predicted molar refractivity (Wildman–Crippen MR) is 74.8 cm³/mol. The number of halogens is 1. The number of nitrogens with zero attached hydrogens (tertiary/aromatic N) is 1. The van der Waals surface area contributed by atoms with E-state index in [2.05, 4.69) is 0 Å². The Morgan fingerprint density at radius 1 is 1.50 bits per heavy atom. The lowest BCUT2D eigenvalue weighted by molar-refractivity contribution is 0.601. The average molecular weight is 289 g/mol. The number of sulfone groups is 1. The maximum absolute atomic E-state index is 11.5. The third-order valence-electron chi connectivity index (χ3n) is 3.40. The Hall–Kier alpha value is -0.780. The summed E-state index contributed by atoms with van der Waals surface area (Å²) in [5.41, 5.74) is 7.60. The predicted octanol–water partition coefficient (Wildman–Crippen LogP) is 1.42.